The Morgan fingerprint density at radius 3 is 2.60 bits per heavy atom. The summed E-state index contributed by atoms with van der Waals surface area (Å²) in [6.45, 7) is 3.74. The first kappa shape index (κ1) is 17.4. The average molecular weight is 340 g/mol. The van der Waals surface area contributed by atoms with Crippen LogP contribution in [0.3, 0.4) is 0 Å². The van der Waals surface area contributed by atoms with Gasteiger partial charge in [0.1, 0.15) is 4.49 Å². The number of allylic oxidation sites excluding steroid dienone is 2. The van der Waals surface area contributed by atoms with E-state index in [1.54, 1.807) is 6.08 Å². The summed E-state index contributed by atoms with van der Waals surface area (Å²) in [6, 6.07) is 0. The summed E-state index contributed by atoms with van der Waals surface area (Å²) in [6.07, 6.45) is 6.43. The fraction of sp³-hybridized carbons (Fsp3) is 0.500. The number of terminal acetylenes is 1. The topological polar surface area (TPSA) is 26.3 Å². The number of ether oxygens (including phenoxy) is 1. The normalized spacial score (nSPS) is 25.4. The van der Waals surface area contributed by atoms with E-state index < -0.39 is 23.8 Å². The Bertz CT molecular complexity index is 487. The number of halogens is 4. The van der Waals surface area contributed by atoms with Gasteiger partial charge in [0, 0.05) is 5.88 Å². The number of carbonyl (C=O) groups is 1. The van der Waals surface area contributed by atoms with Crippen LogP contribution in [0.15, 0.2) is 22.5 Å². The standard InChI is InChI=1S/C14H14Cl3FO2/c1-4-10(9(18)5-6-15)20-13(19)12-8(7-11(16)17)14(12,2)3/h1,5,7-8,10,12H,6H2,2-3H3/b9-5-. The lowest BCUT2D eigenvalue weighted by molar-refractivity contribution is -0.148. The van der Waals surface area contributed by atoms with Crippen LogP contribution in [0.2, 0.25) is 0 Å². The summed E-state index contributed by atoms with van der Waals surface area (Å²) < 4.78 is 18.6. The van der Waals surface area contributed by atoms with Gasteiger partial charge >= 0.3 is 5.97 Å². The van der Waals surface area contributed by atoms with Gasteiger partial charge in [0.2, 0.25) is 6.10 Å². The van der Waals surface area contributed by atoms with Gasteiger partial charge in [-0.15, -0.1) is 18.0 Å². The number of esters is 1. The molecule has 1 saturated carbocycles. The molecule has 0 bridgehead atoms. The van der Waals surface area contributed by atoms with Crippen molar-refractivity contribution in [3.05, 3.63) is 22.5 Å². The lowest BCUT2D eigenvalue weighted by Crippen LogP contribution is -2.20. The molecule has 0 radical (unpaired) electrons. The minimum absolute atomic E-state index is 0.0519. The smallest absolute Gasteiger partial charge is 0.311 e. The zero-order valence-electron chi connectivity index (χ0n) is 11.0. The first-order valence-electron chi connectivity index (χ1n) is 5.86. The maximum Gasteiger partial charge on any atom is 0.311 e. The van der Waals surface area contributed by atoms with Crippen LogP contribution in [0.5, 0.6) is 0 Å². The Hall–Kier alpha value is -0.690. The second-order valence-electron chi connectivity index (χ2n) is 5.01. The van der Waals surface area contributed by atoms with E-state index in [1.165, 1.54) is 0 Å². The molecule has 3 atom stereocenters. The molecule has 1 rings (SSSR count). The highest BCUT2D eigenvalue weighted by molar-refractivity contribution is 6.55. The van der Waals surface area contributed by atoms with Gasteiger partial charge in [-0.1, -0.05) is 43.0 Å². The van der Waals surface area contributed by atoms with Crippen LogP contribution in [-0.4, -0.2) is 18.0 Å². The van der Waals surface area contributed by atoms with Crippen molar-refractivity contribution in [2.45, 2.75) is 20.0 Å². The van der Waals surface area contributed by atoms with E-state index in [0.29, 0.717) is 0 Å². The molecule has 0 saturated heterocycles. The largest absolute Gasteiger partial charge is 0.441 e. The number of alkyl halides is 1. The van der Waals surface area contributed by atoms with Crippen LogP contribution in [0.25, 0.3) is 0 Å². The van der Waals surface area contributed by atoms with Gasteiger partial charge in [-0.2, -0.15) is 0 Å². The van der Waals surface area contributed by atoms with Crippen LogP contribution >= 0.6 is 34.8 Å². The van der Waals surface area contributed by atoms with E-state index in [0.717, 1.165) is 6.08 Å². The van der Waals surface area contributed by atoms with Crippen molar-refractivity contribution in [1.82, 2.24) is 0 Å². The SMILES string of the molecule is C#CC(OC(=O)C1C(C=C(Cl)Cl)C1(C)C)/C(F)=C/CCl. The van der Waals surface area contributed by atoms with E-state index in [-0.39, 0.29) is 21.7 Å². The van der Waals surface area contributed by atoms with Crippen molar-refractivity contribution >= 4 is 40.8 Å². The Morgan fingerprint density at radius 1 is 1.55 bits per heavy atom. The zero-order valence-corrected chi connectivity index (χ0v) is 13.3. The van der Waals surface area contributed by atoms with Gasteiger partial charge in [0.25, 0.3) is 0 Å². The second kappa shape index (κ2) is 6.85. The highest BCUT2D eigenvalue weighted by Crippen LogP contribution is 2.60. The van der Waals surface area contributed by atoms with Gasteiger partial charge in [-0.25, -0.2) is 4.39 Å². The lowest BCUT2D eigenvalue weighted by Gasteiger charge is -2.11. The van der Waals surface area contributed by atoms with Crippen molar-refractivity contribution in [3.63, 3.8) is 0 Å². The first-order valence-corrected chi connectivity index (χ1v) is 7.15. The maximum atomic E-state index is 13.5. The molecule has 3 unspecified atom stereocenters. The lowest BCUT2D eigenvalue weighted by atomic mass is 10.1. The number of rotatable bonds is 5. The summed E-state index contributed by atoms with van der Waals surface area (Å²) in [5.41, 5.74) is -0.349. The molecule has 20 heavy (non-hydrogen) atoms. The second-order valence-corrected chi connectivity index (χ2v) is 6.32. The van der Waals surface area contributed by atoms with E-state index >= 15 is 0 Å². The molecular weight excluding hydrogens is 326 g/mol. The summed E-state index contributed by atoms with van der Waals surface area (Å²) >= 11 is 16.6. The van der Waals surface area contributed by atoms with E-state index in [1.807, 2.05) is 13.8 Å². The minimum Gasteiger partial charge on any atom is -0.441 e. The third kappa shape index (κ3) is 3.91. The molecule has 1 aliphatic rings. The highest BCUT2D eigenvalue weighted by Gasteiger charge is 2.62. The van der Waals surface area contributed by atoms with Crippen molar-refractivity contribution in [1.29, 1.82) is 0 Å². The fourth-order valence-corrected chi connectivity index (χ4v) is 2.53. The van der Waals surface area contributed by atoms with E-state index in [9.17, 15) is 9.18 Å². The molecule has 110 valence electrons. The van der Waals surface area contributed by atoms with Crippen LogP contribution in [0, 0.1) is 29.6 Å². The first-order chi connectivity index (χ1) is 9.25. The molecule has 0 aromatic rings. The molecule has 0 aliphatic heterocycles. The molecule has 2 nitrogen and oxygen atoms in total. The maximum absolute atomic E-state index is 13.5. The van der Waals surface area contributed by atoms with Gasteiger partial charge in [0.05, 0.1) is 5.92 Å². The summed E-state index contributed by atoms with van der Waals surface area (Å²) in [5, 5.41) is 0. The Labute approximate surface area is 132 Å². The molecular formula is C14H14Cl3FO2. The predicted molar refractivity (Wildman–Crippen MR) is 79.2 cm³/mol. The van der Waals surface area contributed by atoms with Crippen molar-refractivity contribution in [3.8, 4) is 12.3 Å². The van der Waals surface area contributed by atoms with Gasteiger partial charge < -0.3 is 4.74 Å². The van der Waals surface area contributed by atoms with Gasteiger partial charge in [-0.05, 0) is 23.5 Å². The molecule has 0 amide bonds. The third-order valence-corrected chi connectivity index (χ3v) is 3.78. The van der Waals surface area contributed by atoms with Crippen molar-refractivity contribution in [2.75, 3.05) is 5.88 Å². The molecule has 0 heterocycles. The van der Waals surface area contributed by atoms with Crippen LogP contribution in [0.1, 0.15) is 13.8 Å². The minimum atomic E-state index is -1.35. The number of carbonyl (C=O) groups excluding carboxylic acids is 1. The summed E-state index contributed by atoms with van der Waals surface area (Å²) in [5.74, 6) is 0.0852. The van der Waals surface area contributed by atoms with Gasteiger partial charge in [0.15, 0.2) is 5.83 Å². The monoisotopic (exact) mass is 338 g/mol. The summed E-state index contributed by atoms with van der Waals surface area (Å²) in [7, 11) is 0. The van der Waals surface area contributed by atoms with E-state index in [2.05, 4.69) is 5.92 Å². The average Bonchev–Trinajstić information content (AvgIpc) is 2.86. The Morgan fingerprint density at radius 2 is 2.15 bits per heavy atom. The molecule has 6 heteroatoms. The molecule has 0 aromatic carbocycles. The zero-order chi connectivity index (χ0) is 15.5. The van der Waals surface area contributed by atoms with Gasteiger partial charge in [-0.3, -0.25) is 4.79 Å². The molecule has 1 fully saturated rings. The predicted octanol–water partition coefficient (Wildman–Crippen LogP) is 4.21. The Kier molecular flexibility index (Phi) is 5.94. The highest BCUT2D eigenvalue weighted by atomic mass is 35.5. The molecule has 1 aliphatic carbocycles. The summed E-state index contributed by atoms with van der Waals surface area (Å²) in [4.78, 5) is 12.0. The third-order valence-electron chi connectivity index (χ3n) is 3.38. The number of hydrogen-bond donors (Lipinski definition) is 0. The van der Waals surface area contributed by atoms with Crippen LogP contribution < -0.4 is 0 Å². The molecule has 0 spiro atoms. The fourth-order valence-electron chi connectivity index (χ4n) is 2.11. The molecule has 0 aromatic heterocycles. The molecule has 0 N–H and O–H groups in total. The van der Waals surface area contributed by atoms with E-state index in [4.69, 9.17) is 46.0 Å². The van der Waals surface area contributed by atoms with Crippen molar-refractivity contribution < 1.29 is 13.9 Å². The van der Waals surface area contributed by atoms with Crippen LogP contribution in [-0.2, 0) is 9.53 Å². The van der Waals surface area contributed by atoms with Crippen molar-refractivity contribution in [2.24, 2.45) is 17.3 Å². The number of hydrogen-bond acceptors (Lipinski definition) is 2. The quantitative estimate of drug-likeness (QED) is 0.426. The Balaban J connectivity index is 2.76. The van der Waals surface area contributed by atoms with Crippen LogP contribution in [0.4, 0.5) is 4.39 Å².